The first-order valence-electron chi connectivity index (χ1n) is 42.0. The Morgan fingerprint density at radius 1 is 0.297 bits per heavy atom. The molecule has 0 aromatic carbocycles. The summed E-state index contributed by atoms with van der Waals surface area (Å²) < 4.78 is 33.3. The molecule has 9 nitrogen and oxygen atoms in total. The van der Waals surface area contributed by atoms with Gasteiger partial charge in [0.25, 0.3) is 0 Å². The highest BCUT2D eigenvalue weighted by Crippen LogP contribution is 2.43. The number of rotatable bonds is 78. The van der Waals surface area contributed by atoms with Gasteiger partial charge in [-0.25, -0.2) is 4.57 Å². The van der Waals surface area contributed by atoms with E-state index in [1.807, 2.05) is 0 Å². The van der Waals surface area contributed by atoms with Gasteiger partial charge in [0.15, 0.2) is 6.10 Å². The van der Waals surface area contributed by atoms with Gasteiger partial charge in [0, 0.05) is 19.4 Å². The first-order valence-corrected chi connectivity index (χ1v) is 43.5. The lowest BCUT2D eigenvalue weighted by atomic mass is 10.0. The van der Waals surface area contributed by atoms with Gasteiger partial charge in [-0.1, -0.05) is 397 Å². The molecule has 0 aliphatic rings. The average molecular weight is 1420 g/mol. The van der Waals surface area contributed by atoms with Crippen molar-refractivity contribution in [2.75, 3.05) is 26.4 Å². The van der Waals surface area contributed by atoms with Crippen molar-refractivity contribution in [1.29, 1.82) is 0 Å². The topological polar surface area (TPSA) is 134 Å². The van der Waals surface area contributed by atoms with Crippen LogP contribution in [0.4, 0.5) is 0 Å². The minimum absolute atomic E-state index is 0.0504. The zero-order valence-electron chi connectivity index (χ0n) is 65.3. The molecular formula is C91H156NO8P. The van der Waals surface area contributed by atoms with Gasteiger partial charge >= 0.3 is 19.8 Å². The van der Waals surface area contributed by atoms with Crippen molar-refractivity contribution in [3.8, 4) is 0 Å². The van der Waals surface area contributed by atoms with Crippen molar-refractivity contribution in [3.63, 3.8) is 0 Å². The minimum Gasteiger partial charge on any atom is -0.462 e. The van der Waals surface area contributed by atoms with E-state index in [0.29, 0.717) is 6.42 Å². The van der Waals surface area contributed by atoms with Crippen LogP contribution in [0.3, 0.4) is 0 Å². The summed E-state index contributed by atoms with van der Waals surface area (Å²) in [5.74, 6) is -0.816. The van der Waals surface area contributed by atoms with Crippen molar-refractivity contribution in [3.05, 3.63) is 158 Å². The van der Waals surface area contributed by atoms with Crippen LogP contribution in [0.25, 0.3) is 0 Å². The Morgan fingerprint density at radius 2 is 0.515 bits per heavy atom. The number of hydrogen-bond donors (Lipinski definition) is 2. The van der Waals surface area contributed by atoms with Crippen molar-refractivity contribution in [2.24, 2.45) is 5.73 Å². The van der Waals surface area contributed by atoms with Gasteiger partial charge in [-0.3, -0.25) is 18.6 Å². The van der Waals surface area contributed by atoms with Gasteiger partial charge in [0.2, 0.25) is 0 Å². The van der Waals surface area contributed by atoms with E-state index in [-0.39, 0.29) is 38.6 Å². The van der Waals surface area contributed by atoms with Crippen LogP contribution < -0.4 is 5.73 Å². The Balaban J connectivity index is 3.80. The monoisotopic (exact) mass is 1420 g/mol. The molecule has 10 heteroatoms. The van der Waals surface area contributed by atoms with Crippen LogP contribution in [0.1, 0.15) is 373 Å². The number of carbonyl (C=O) groups excluding carboxylic acids is 2. The van der Waals surface area contributed by atoms with Crippen molar-refractivity contribution in [2.45, 2.75) is 380 Å². The van der Waals surface area contributed by atoms with Crippen LogP contribution in [-0.2, 0) is 32.7 Å². The third-order valence-electron chi connectivity index (χ3n) is 17.9. The Hall–Kier alpha value is -4.37. The normalized spacial score (nSPS) is 13.7. The van der Waals surface area contributed by atoms with Gasteiger partial charge in [0.05, 0.1) is 13.2 Å². The van der Waals surface area contributed by atoms with E-state index in [4.69, 9.17) is 24.3 Å². The summed E-state index contributed by atoms with van der Waals surface area (Å²) in [5.41, 5.74) is 5.42. The van der Waals surface area contributed by atoms with Crippen molar-refractivity contribution >= 4 is 19.8 Å². The standard InChI is InChI=1S/C91H156NO8P/c1-3-5-7-9-11-13-15-17-19-21-23-25-27-29-31-33-35-37-39-41-43-44-46-48-50-52-54-56-58-60-62-64-66-68-70-72-74-76-78-80-82-84-91(94)100-89(88-99-101(95,96)98-86-85-92)87-97-90(93)83-81-79-77-75-73-71-69-67-65-63-61-59-57-55-53-51-49-47-45-42-40-38-36-34-32-30-28-26-24-22-20-18-16-14-12-10-8-6-4-2/h5-8,11-14,17-20,23-26,29-32,35,37,41,43,46,48,89H,3-4,9-10,15-16,21-22,27-28,33-34,36,38-40,42,44-45,47,49-88,92H2,1-2H3,(H,95,96)/b7-5-,8-6-,13-11-,14-12-,19-17-,20-18-,25-23-,26-24-,31-29-,32-30-,37-35-,43-41-,48-46-. The Bertz CT molecular complexity index is 2230. The number of nitrogens with two attached hydrogens (primary N) is 1. The molecule has 3 N–H and O–H groups in total. The van der Waals surface area contributed by atoms with Gasteiger partial charge in [0.1, 0.15) is 6.61 Å². The molecule has 0 spiro atoms. The average Bonchev–Trinajstić information content (AvgIpc) is 1.04. The Kier molecular flexibility index (Phi) is 80.9. The summed E-state index contributed by atoms with van der Waals surface area (Å²) in [4.78, 5) is 35.5. The Labute approximate surface area is 623 Å². The van der Waals surface area contributed by atoms with Crippen LogP contribution in [0.2, 0.25) is 0 Å². The van der Waals surface area contributed by atoms with E-state index in [0.717, 1.165) is 122 Å². The molecule has 101 heavy (non-hydrogen) atoms. The smallest absolute Gasteiger partial charge is 0.462 e. The Morgan fingerprint density at radius 3 is 0.762 bits per heavy atom. The van der Waals surface area contributed by atoms with Gasteiger partial charge in [-0.05, 0) is 122 Å². The predicted octanol–water partition coefficient (Wildman–Crippen LogP) is 28.6. The van der Waals surface area contributed by atoms with Crippen LogP contribution in [0.15, 0.2) is 158 Å². The number of ether oxygens (including phenoxy) is 2. The lowest BCUT2D eigenvalue weighted by Gasteiger charge is -2.19. The molecule has 0 aromatic heterocycles. The van der Waals surface area contributed by atoms with Crippen molar-refractivity contribution in [1.82, 2.24) is 0 Å². The van der Waals surface area contributed by atoms with E-state index < -0.39 is 26.5 Å². The molecule has 0 heterocycles. The number of carbonyl (C=O) groups is 2. The molecule has 0 saturated heterocycles. The second kappa shape index (κ2) is 84.6. The zero-order valence-corrected chi connectivity index (χ0v) is 66.2. The summed E-state index contributed by atoms with van der Waals surface area (Å²) in [6.07, 6.45) is 124. The highest BCUT2D eigenvalue weighted by atomic mass is 31.2. The molecule has 0 aliphatic heterocycles. The van der Waals surface area contributed by atoms with E-state index in [1.54, 1.807) is 0 Å². The van der Waals surface area contributed by atoms with Gasteiger partial charge < -0.3 is 20.1 Å². The number of phosphoric ester groups is 1. The van der Waals surface area contributed by atoms with E-state index in [9.17, 15) is 19.0 Å². The summed E-state index contributed by atoms with van der Waals surface area (Å²) in [6.45, 7) is 3.55. The summed E-state index contributed by atoms with van der Waals surface area (Å²) in [7, 11) is -4.40. The third-order valence-corrected chi connectivity index (χ3v) is 18.9. The molecule has 0 bridgehead atoms. The summed E-state index contributed by atoms with van der Waals surface area (Å²) in [5, 5.41) is 0. The molecule has 0 aliphatic carbocycles. The summed E-state index contributed by atoms with van der Waals surface area (Å²) in [6, 6.07) is 0. The fourth-order valence-corrected chi connectivity index (χ4v) is 12.6. The lowest BCUT2D eigenvalue weighted by Crippen LogP contribution is -2.29. The molecule has 2 unspecified atom stereocenters. The highest BCUT2D eigenvalue weighted by molar-refractivity contribution is 7.47. The maximum Gasteiger partial charge on any atom is 0.472 e. The maximum absolute atomic E-state index is 12.8. The van der Waals surface area contributed by atoms with Crippen LogP contribution in [-0.4, -0.2) is 49.3 Å². The molecule has 0 fully saturated rings. The first kappa shape index (κ1) is 96.6. The molecule has 2 atom stereocenters. The number of unbranched alkanes of at least 4 members (excludes halogenated alkanes) is 39. The number of phosphoric acid groups is 1. The predicted molar refractivity (Wildman–Crippen MR) is 440 cm³/mol. The van der Waals surface area contributed by atoms with Crippen molar-refractivity contribution < 1.29 is 37.6 Å². The van der Waals surface area contributed by atoms with E-state index >= 15 is 0 Å². The second-order valence-corrected chi connectivity index (χ2v) is 29.0. The molecule has 0 saturated carbocycles. The lowest BCUT2D eigenvalue weighted by molar-refractivity contribution is -0.161. The number of allylic oxidation sites excluding steroid dienone is 26. The zero-order chi connectivity index (χ0) is 72.9. The molecular weight excluding hydrogens is 1270 g/mol. The quantitative estimate of drug-likeness (QED) is 0.0264. The molecule has 0 rings (SSSR count). The molecule has 0 amide bonds. The van der Waals surface area contributed by atoms with Gasteiger partial charge in [-0.2, -0.15) is 0 Å². The number of hydrogen-bond acceptors (Lipinski definition) is 8. The highest BCUT2D eigenvalue weighted by Gasteiger charge is 2.26. The van der Waals surface area contributed by atoms with Gasteiger partial charge in [-0.15, -0.1) is 0 Å². The minimum atomic E-state index is -4.40. The SMILES string of the molecule is CC/C=C\C/C=C\C/C=C\C/C=C\C/C=C\C/C=C\C/C=C\C/C=C\CCCCCCCCCCCCCCCCCCC(=O)OC(COC(=O)CCCCCCCCCCCCCCCCCCCCCCCCC/C=C\C/C=C\C/C=C\C/C=C\C/C=C\CC)COP(=O)(O)OCCN. The third kappa shape index (κ3) is 84.5. The molecule has 0 aromatic rings. The van der Waals surface area contributed by atoms with Crippen LogP contribution in [0.5, 0.6) is 0 Å². The largest absolute Gasteiger partial charge is 0.472 e. The van der Waals surface area contributed by atoms with Crippen LogP contribution >= 0.6 is 7.82 Å². The fourth-order valence-electron chi connectivity index (χ4n) is 11.8. The number of esters is 2. The van der Waals surface area contributed by atoms with Crippen LogP contribution in [0, 0.1) is 0 Å². The molecule has 578 valence electrons. The van der Waals surface area contributed by atoms with E-state index in [1.165, 1.54) is 218 Å². The fraction of sp³-hybridized carbons (Fsp3) is 0.692. The maximum atomic E-state index is 12.8. The molecule has 0 radical (unpaired) electrons. The second-order valence-electron chi connectivity index (χ2n) is 27.6. The summed E-state index contributed by atoms with van der Waals surface area (Å²) >= 11 is 0. The first-order chi connectivity index (χ1) is 49.8. The van der Waals surface area contributed by atoms with E-state index in [2.05, 4.69) is 172 Å².